The van der Waals surface area contributed by atoms with Gasteiger partial charge >= 0.3 is 12.2 Å². The Hall–Kier alpha value is -1.50. The van der Waals surface area contributed by atoms with Gasteiger partial charge in [-0.2, -0.15) is 0 Å². The predicted octanol–water partition coefficient (Wildman–Crippen LogP) is 1.24. The van der Waals surface area contributed by atoms with Crippen LogP contribution in [0.1, 0.15) is 33.6 Å². The molecule has 116 valence electrons. The number of rotatable bonds is 4. The first-order valence-electron chi connectivity index (χ1n) is 6.96. The molecule has 0 aromatic carbocycles. The van der Waals surface area contributed by atoms with E-state index in [4.69, 9.17) is 9.84 Å². The second-order valence-electron chi connectivity index (χ2n) is 5.93. The van der Waals surface area contributed by atoms with Gasteiger partial charge in [-0.25, -0.2) is 9.59 Å². The number of nitrogens with one attached hydrogen (secondary N) is 2. The van der Waals surface area contributed by atoms with Crippen molar-refractivity contribution < 1.29 is 19.4 Å². The van der Waals surface area contributed by atoms with Gasteiger partial charge in [0, 0.05) is 32.2 Å². The third kappa shape index (κ3) is 6.60. The average Bonchev–Trinajstić information content (AvgIpc) is 2.33. The molecule has 1 aliphatic rings. The summed E-state index contributed by atoms with van der Waals surface area (Å²) >= 11 is 0. The minimum atomic E-state index is -0.852. The van der Waals surface area contributed by atoms with Crippen molar-refractivity contribution in [2.45, 2.75) is 45.3 Å². The molecule has 1 rings (SSSR count). The van der Waals surface area contributed by atoms with Crippen molar-refractivity contribution in [1.29, 1.82) is 0 Å². The van der Waals surface area contributed by atoms with Crippen molar-refractivity contribution >= 4 is 12.2 Å². The average molecular weight is 287 g/mol. The van der Waals surface area contributed by atoms with E-state index in [1.807, 2.05) is 20.8 Å². The fourth-order valence-electron chi connectivity index (χ4n) is 2.03. The number of likely N-dealkylation sites (tertiary alicyclic amines) is 1. The van der Waals surface area contributed by atoms with Crippen LogP contribution in [0.5, 0.6) is 0 Å². The lowest BCUT2D eigenvalue weighted by Gasteiger charge is -2.30. The maximum atomic E-state index is 11.4. The van der Waals surface area contributed by atoms with E-state index >= 15 is 0 Å². The van der Waals surface area contributed by atoms with Crippen molar-refractivity contribution in [3.8, 4) is 0 Å². The van der Waals surface area contributed by atoms with E-state index in [2.05, 4.69) is 10.6 Å². The first-order valence-corrected chi connectivity index (χ1v) is 6.96. The van der Waals surface area contributed by atoms with Gasteiger partial charge in [0.2, 0.25) is 0 Å². The van der Waals surface area contributed by atoms with E-state index in [0.29, 0.717) is 32.2 Å². The van der Waals surface area contributed by atoms with E-state index in [1.54, 1.807) is 0 Å². The Labute approximate surface area is 119 Å². The van der Waals surface area contributed by atoms with Crippen LogP contribution in [0.15, 0.2) is 0 Å². The van der Waals surface area contributed by atoms with Gasteiger partial charge in [-0.3, -0.25) is 0 Å². The summed E-state index contributed by atoms with van der Waals surface area (Å²) < 4.78 is 5.12. The summed E-state index contributed by atoms with van der Waals surface area (Å²) in [7, 11) is 0. The van der Waals surface area contributed by atoms with E-state index < -0.39 is 17.8 Å². The number of hydrogen-bond donors (Lipinski definition) is 3. The van der Waals surface area contributed by atoms with Gasteiger partial charge in [0.05, 0.1) is 0 Å². The zero-order chi connectivity index (χ0) is 15.2. The highest BCUT2D eigenvalue weighted by molar-refractivity contribution is 5.67. The first kappa shape index (κ1) is 16.6. The Morgan fingerprint density at radius 1 is 1.25 bits per heavy atom. The lowest BCUT2D eigenvalue weighted by Crippen LogP contribution is -2.46. The lowest BCUT2D eigenvalue weighted by atomic mass is 10.1. The molecule has 1 aliphatic heterocycles. The Morgan fingerprint density at radius 3 is 2.35 bits per heavy atom. The van der Waals surface area contributed by atoms with Crippen molar-refractivity contribution in [3.05, 3.63) is 0 Å². The van der Waals surface area contributed by atoms with Crippen molar-refractivity contribution in [2.24, 2.45) is 0 Å². The van der Waals surface area contributed by atoms with Crippen LogP contribution in [-0.2, 0) is 4.74 Å². The largest absolute Gasteiger partial charge is 0.465 e. The van der Waals surface area contributed by atoms with E-state index in [0.717, 1.165) is 12.8 Å². The number of hydrogen-bond acceptors (Lipinski definition) is 4. The van der Waals surface area contributed by atoms with Crippen molar-refractivity contribution in [1.82, 2.24) is 15.5 Å². The first-order chi connectivity index (χ1) is 9.28. The number of carboxylic acid groups (broad SMARTS) is 1. The van der Waals surface area contributed by atoms with Gasteiger partial charge in [0.15, 0.2) is 0 Å². The molecular formula is C13H25N3O4. The number of ether oxygens (including phenoxy) is 1. The Kier molecular flexibility index (Phi) is 6.06. The van der Waals surface area contributed by atoms with Gasteiger partial charge in [0.1, 0.15) is 5.60 Å². The van der Waals surface area contributed by atoms with Gasteiger partial charge in [-0.05, 0) is 33.6 Å². The number of piperidine rings is 1. The van der Waals surface area contributed by atoms with Crippen LogP contribution in [0.4, 0.5) is 9.59 Å². The number of carbonyl (C=O) groups is 2. The molecule has 0 unspecified atom stereocenters. The summed E-state index contributed by atoms with van der Waals surface area (Å²) in [4.78, 5) is 23.6. The van der Waals surface area contributed by atoms with Gasteiger partial charge in [-0.15, -0.1) is 0 Å². The Balaban J connectivity index is 2.08. The molecule has 2 amide bonds. The maximum Gasteiger partial charge on any atom is 0.407 e. The summed E-state index contributed by atoms with van der Waals surface area (Å²) in [5.74, 6) is 0. The van der Waals surface area contributed by atoms with Crippen LogP contribution < -0.4 is 10.6 Å². The Morgan fingerprint density at radius 2 is 1.85 bits per heavy atom. The number of carbonyl (C=O) groups excluding carboxylic acids is 1. The molecule has 0 spiro atoms. The molecule has 0 aliphatic carbocycles. The highest BCUT2D eigenvalue weighted by Crippen LogP contribution is 2.10. The highest BCUT2D eigenvalue weighted by atomic mass is 16.6. The molecule has 1 fully saturated rings. The second-order valence-corrected chi connectivity index (χ2v) is 5.93. The smallest absolute Gasteiger partial charge is 0.407 e. The molecule has 1 saturated heterocycles. The normalized spacial score (nSPS) is 16.9. The number of nitrogens with zero attached hydrogens (tertiary/aromatic N) is 1. The maximum absolute atomic E-state index is 11.4. The summed E-state index contributed by atoms with van der Waals surface area (Å²) in [5, 5.41) is 14.8. The SMILES string of the molecule is CC(C)(C)OC(=O)NCCNC1CCN(C(=O)O)CC1. The third-order valence-corrected chi connectivity index (χ3v) is 2.99. The number of amides is 2. The van der Waals surface area contributed by atoms with Crippen LogP contribution in [0.25, 0.3) is 0 Å². The standard InChI is InChI=1S/C13H25N3O4/c1-13(2,3)20-11(17)15-7-6-14-10-4-8-16(9-5-10)12(18)19/h10,14H,4-9H2,1-3H3,(H,15,17)(H,18,19). The van der Waals surface area contributed by atoms with Crippen molar-refractivity contribution in [3.63, 3.8) is 0 Å². The zero-order valence-electron chi connectivity index (χ0n) is 12.4. The summed E-state index contributed by atoms with van der Waals surface area (Å²) in [6.45, 7) is 7.73. The van der Waals surface area contributed by atoms with E-state index in [1.165, 1.54) is 4.90 Å². The molecule has 0 aromatic heterocycles. The third-order valence-electron chi connectivity index (χ3n) is 2.99. The second kappa shape index (κ2) is 7.33. The monoisotopic (exact) mass is 287 g/mol. The molecule has 3 N–H and O–H groups in total. The summed E-state index contributed by atoms with van der Waals surface area (Å²) in [6.07, 6.45) is 0.340. The molecule has 7 heteroatoms. The van der Waals surface area contributed by atoms with Crippen LogP contribution in [0.2, 0.25) is 0 Å². The molecule has 1 heterocycles. The van der Waals surface area contributed by atoms with Crippen molar-refractivity contribution in [2.75, 3.05) is 26.2 Å². The quantitative estimate of drug-likeness (QED) is 0.677. The van der Waals surface area contributed by atoms with Gasteiger partial charge in [0.25, 0.3) is 0 Å². The molecule has 7 nitrogen and oxygen atoms in total. The fourth-order valence-corrected chi connectivity index (χ4v) is 2.03. The molecule has 0 saturated carbocycles. The molecule has 20 heavy (non-hydrogen) atoms. The van der Waals surface area contributed by atoms with Gasteiger partial charge in [-0.1, -0.05) is 0 Å². The summed E-state index contributed by atoms with van der Waals surface area (Å²) in [6, 6.07) is 0.311. The van der Waals surface area contributed by atoms with E-state index in [-0.39, 0.29) is 0 Å². The molecule has 0 atom stereocenters. The van der Waals surface area contributed by atoms with E-state index in [9.17, 15) is 9.59 Å². The predicted molar refractivity (Wildman–Crippen MR) is 74.9 cm³/mol. The highest BCUT2D eigenvalue weighted by Gasteiger charge is 2.21. The molecule has 0 aromatic rings. The van der Waals surface area contributed by atoms with Crippen LogP contribution in [0.3, 0.4) is 0 Å². The zero-order valence-corrected chi connectivity index (χ0v) is 12.4. The molecular weight excluding hydrogens is 262 g/mol. The minimum absolute atomic E-state index is 0.311. The minimum Gasteiger partial charge on any atom is -0.465 e. The fraction of sp³-hybridized carbons (Fsp3) is 0.846. The van der Waals surface area contributed by atoms with Crippen LogP contribution in [0, 0.1) is 0 Å². The Bertz CT molecular complexity index is 333. The van der Waals surface area contributed by atoms with Gasteiger partial charge < -0.3 is 25.4 Å². The number of alkyl carbamates (subject to hydrolysis) is 1. The molecule has 0 radical (unpaired) electrons. The topological polar surface area (TPSA) is 90.9 Å². The van der Waals surface area contributed by atoms with Crippen LogP contribution in [-0.4, -0.2) is 60.0 Å². The molecule has 0 bridgehead atoms. The summed E-state index contributed by atoms with van der Waals surface area (Å²) in [5.41, 5.74) is -0.485. The van der Waals surface area contributed by atoms with Crippen LogP contribution >= 0.6 is 0 Å². The lowest BCUT2D eigenvalue weighted by molar-refractivity contribution is 0.0527.